The Balaban J connectivity index is 0.000000566. The third kappa shape index (κ3) is 12.9. The van der Waals surface area contributed by atoms with Crippen LogP contribution < -0.4 is 10.6 Å². The molecule has 0 fully saturated rings. The molecule has 1 amide bonds. The van der Waals surface area contributed by atoms with Gasteiger partial charge in [-0.25, -0.2) is 8.78 Å². The Bertz CT molecular complexity index is 886. The van der Waals surface area contributed by atoms with Crippen molar-refractivity contribution in [3.8, 4) is 0 Å². The second-order valence-corrected chi connectivity index (χ2v) is 9.51. The SMILES string of the molecule is CCS/C=C(/C(=O)NC(C)CCNCc1cccc(CC)c1)C(C)OC.Cc1cc(F)cc(F)c1. The number of amides is 1. The van der Waals surface area contributed by atoms with E-state index in [0.29, 0.717) is 11.1 Å². The molecule has 0 bridgehead atoms. The lowest BCUT2D eigenvalue weighted by Gasteiger charge is -2.18. The Labute approximate surface area is 213 Å². The molecule has 2 atom stereocenters. The molecule has 0 aromatic heterocycles. The first-order valence-corrected chi connectivity index (χ1v) is 13.1. The van der Waals surface area contributed by atoms with Gasteiger partial charge in [0.25, 0.3) is 5.91 Å². The number of benzene rings is 2. The lowest BCUT2D eigenvalue weighted by Crippen LogP contribution is -2.38. The fraction of sp³-hybridized carbons (Fsp3) is 0.464. The number of halogens is 2. The van der Waals surface area contributed by atoms with Crippen LogP contribution in [0.5, 0.6) is 0 Å². The molecule has 0 saturated carbocycles. The normalized spacial score (nSPS) is 13.0. The molecule has 0 heterocycles. The summed E-state index contributed by atoms with van der Waals surface area (Å²) in [6.45, 7) is 11.5. The van der Waals surface area contributed by atoms with Crippen molar-refractivity contribution >= 4 is 17.7 Å². The van der Waals surface area contributed by atoms with E-state index in [4.69, 9.17) is 4.74 Å². The van der Waals surface area contributed by atoms with Crippen molar-refractivity contribution in [3.63, 3.8) is 0 Å². The Hall–Kier alpha value is -2.22. The molecular formula is C28H40F2N2O2S. The molecule has 2 aromatic carbocycles. The zero-order chi connectivity index (χ0) is 26.2. The first-order valence-electron chi connectivity index (χ1n) is 12.1. The quantitative estimate of drug-likeness (QED) is 0.267. The van der Waals surface area contributed by atoms with Gasteiger partial charge < -0.3 is 15.4 Å². The number of rotatable bonds is 12. The summed E-state index contributed by atoms with van der Waals surface area (Å²) in [5.41, 5.74) is 3.96. The summed E-state index contributed by atoms with van der Waals surface area (Å²) in [6.07, 6.45) is 1.74. The van der Waals surface area contributed by atoms with Gasteiger partial charge in [-0.2, -0.15) is 0 Å². The molecule has 194 valence electrons. The highest BCUT2D eigenvalue weighted by Gasteiger charge is 2.18. The minimum Gasteiger partial charge on any atom is -0.377 e. The number of aryl methyl sites for hydroxylation is 2. The summed E-state index contributed by atoms with van der Waals surface area (Å²) in [7, 11) is 1.63. The number of carbonyl (C=O) groups excluding carboxylic acids is 1. The molecule has 0 aliphatic rings. The molecular weight excluding hydrogens is 466 g/mol. The van der Waals surface area contributed by atoms with Crippen LogP contribution in [0.3, 0.4) is 0 Å². The maximum Gasteiger partial charge on any atom is 0.250 e. The first-order chi connectivity index (χ1) is 16.7. The number of ether oxygens (including phenoxy) is 1. The minimum absolute atomic E-state index is 0.0385. The smallest absolute Gasteiger partial charge is 0.250 e. The van der Waals surface area contributed by atoms with Crippen LogP contribution in [0.1, 0.15) is 50.8 Å². The van der Waals surface area contributed by atoms with Gasteiger partial charge in [0.05, 0.1) is 11.7 Å². The lowest BCUT2D eigenvalue weighted by molar-refractivity contribution is -0.119. The van der Waals surface area contributed by atoms with E-state index in [1.807, 2.05) is 19.3 Å². The molecule has 7 heteroatoms. The van der Waals surface area contributed by atoms with E-state index in [-0.39, 0.29) is 18.1 Å². The number of methoxy groups -OCH3 is 1. The van der Waals surface area contributed by atoms with E-state index in [1.54, 1.807) is 25.8 Å². The highest BCUT2D eigenvalue weighted by Crippen LogP contribution is 2.13. The van der Waals surface area contributed by atoms with E-state index >= 15 is 0 Å². The average Bonchev–Trinajstić information content (AvgIpc) is 2.81. The molecule has 0 aliphatic heterocycles. The van der Waals surface area contributed by atoms with Gasteiger partial charge in [0.1, 0.15) is 11.6 Å². The van der Waals surface area contributed by atoms with Crippen molar-refractivity contribution in [1.82, 2.24) is 10.6 Å². The summed E-state index contributed by atoms with van der Waals surface area (Å²) in [4.78, 5) is 12.5. The fourth-order valence-corrected chi connectivity index (χ4v) is 3.86. The molecule has 2 unspecified atom stereocenters. The van der Waals surface area contributed by atoms with E-state index < -0.39 is 11.6 Å². The predicted octanol–water partition coefficient (Wildman–Crippen LogP) is 6.18. The number of thioether (sulfide) groups is 1. The molecule has 2 N–H and O–H groups in total. The summed E-state index contributed by atoms with van der Waals surface area (Å²) in [5.74, 6) is -0.144. The van der Waals surface area contributed by atoms with Gasteiger partial charge in [-0.05, 0) is 80.1 Å². The summed E-state index contributed by atoms with van der Waals surface area (Å²) in [5, 5.41) is 8.45. The third-order valence-corrected chi connectivity index (χ3v) is 6.05. The largest absolute Gasteiger partial charge is 0.377 e. The first kappa shape index (κ1) is 30.8. The monoisotopic (exact) mass is 506 g/mol. The summed E-state index contributed by atoms with van der Waals surface area (Å²) < 4.78 is 29.7. The van der Waals surface area contributed by atoms with Crippen molar-refractivity contribution in [3.05, 3.63) is 81.8 Å². The second kappa shape index (κ2) is 17.2. The van der Waals surface area contributed by atoms with Gasteiger partial charge >= 0.3 is 0 Å². The Kier molecular flexibility index (Phi) is 15.2. The maximum atomic E-state index is 12.5. The standard InChI is InChI=1S/C21H34N2O2S.C7H6F2/c1-6-18-9-8-10-19(13-18)14-22-12-11-16(3)23-21(24)20(15-26-7-2)17(4)25-5;1-5-2-6(8)4-7(9)3-5/h8-10,13,15-17,22H,6-7,11-12,14H2,1-5H3,(H,23,24);2-4H,1H3/b20-15+;. The molecule has 4 nitrogen and oxygen atoms in total. The zero-order valence-electron chi connectivity index (χ0n) is 21.8. The maximum absolute atomic E-state index is 12.5. The molecule has 0 saturated heterocycles. The molecule has 35 heavy (non-hydrogen) atoms. The van der Waals surface area contributed by atoms with Crippen molar-refractivity contribution in [2.45, 2.75) is 66.2 Å². The van der Waals surface area contributed by atoms with Gasteiger partial charge in [-0.3, -0.25) is 4.79 Å². The Morgan fingerprint density at radius 1 is 1.09 bits per heavy atom. The van der Waals surface area contributed by atoms with Crippen LogP contribution in [0, 0.1) is 18.6 Å². The highest BCUT2D eigenvalue weighted by atomic mass is 32.2. The van der Waals surface area contributed by atoms with Crippen molar-refractivity contribution < 1.29 is 18.3 Å². The summed E-state index contributed by atoms with van der Waals surface area (Å²) >= 11 is 1.62. The highest BCUT2D eigenvalue weighted by molar-refractivity contribution is 8.02. The summed E-state index contributed by atoms with van der Waals surface area (Å²) in [6, 6.07) is 12.2. The van der Waals surface area contributed by atoms with E-state index in [2.05, 4.69) is 48.7 Å². The topological polar surface area (TPSA) is 50.4 Å². The molecule has 2 aromatic rings. The van der Waals surface area contributed by atoms with Crippen LogP contribution in [-0.2, 0) is 22.5 Å². The predicted molar refractivity (Wildman–Crippen MR) is 144 cm³/mol. The van der Waals surface area contributed by atoms with E-state index in [1.165, 1.54) is 23.3 Å². The van der Waals surface area contributed by atoms with Gasteiger partial charge in [0, 0.05) is 25.8 Å². The van der Waals surface area contributed by atoms with Crippen LogP contribution in [0.4, 0.5) is 8.78 Å². The molecule has 2 rings (SSSR count). The average molecular weight is 507 g/mol. The minimum atomic E-state index is -0.521. The number of hydrogen-bond acceptors (Lipinski definition) is 4. The van der Waals surface area contributed by atoms with Crippen LogP contribution in [-0.4, -0.2) is 37.5 Å². The molecule has 0 aliphatic carbocycles. The van der Waals surface area contributed by atoms with Crippen LogP contribution in [0.15, 0.2) is 53.4 Å². The second-order valence-electron chi connectivity index (χ2n) is 8.37. The Morgan fingerprint density at radius 3 is 2.31 bits per heavy atom. The number of carbonyl (C=O) groups is 1. The molecule has 0 spiro atoms. The zero-order valence-corrected chi connectivity index (χ0v) is 22.6. The Morgan fingerprint density at radius 2 is 1.74 bits per heavy atom. The van der Waals surface area contributed by atoms with Gasteiger partial charge in [-0.15, -0.1) is 11.8 Å². The van der Waals surface area contributed by atoms with Crippen LogP contribution in [0.25, 0.3) is 0 Å². The van der Waals surface area contributed by atoms with Crippen molar-refractivity contribution in [2.24, 2.45) is 0 Å². The van der Waals surface area contributed by atoms with E-state index in [9.17, 15) is 13.6 Å². The third-order valence-electron chi connectivity index (χ3n) is 5.30. The van der Waals surface area contributed by atoms with Crippen LogP contribution in [0.2, 0.25) is 0 Å². The molecule has 0 radical (unpaired) electrons. The van der Waals surface area contributed by atoms with Gasteiger partial charge in [0.2, 0.25) is 0 Å². The van der Waals surface area contributed by atoms with Crippen molar-refractivity contribution in [1.29, 1.82) is 0 Å². The number of hydrogen-bond donors (Lipinski definition) is 2. The number of nitrogens with one attached hydrogen (secondary N) is 2. The van der Waals surface area contributed by atoms with Gasteiger partial charge in [-0.1, -0.05) is 38.1 Å². The van der Waals surface area contributed by atoms with Gasteiger partial charge in [0.15, 0.2) is 0 Å². The fourth-order valence-electron chi connectivity index (χ4n) is 3.22. The van der Waals surface area contributed by atoms with Crippen molar-refractivity contribution in [2.75, 3.05) is 19.4 Å². The van der Waals surface area contributed by atoms with E-state index in [0.717, 1.165) is 37.8 Å². The van der Waals surface area contributed by atoms with Crippen LogP contribution >= 0.6 is 11.8 Å². The lowest BCUT2D eigenvalue weighted by atomic mass is 10.1.